The number of piperazine rings is 1. The Morgan fingerprint density at radius 1 is 1.11 bits per heavy atom. The number of quaternary nitrogens is 2. The quantitative estimate of drug-likeness (QED) is 0.655. The van der Waals surface area contributed by atoms with E-state index in [0.717, 1.165) is 57.2 Å². The average Bonchev–Trinajstić information content (AvgIpc) is 2.65. The van der Waals surface area contributed by atoms with Gasteiger partial charge in [0.1, 0.15) is 38.5 Å². The van der Waals surface area contributed by atoms with Crippen LogP contribution in [0, 0.1) is 12.8 Å². The lowest BCUT2D eigenvalue weighted by molar-refractivity contribution is -1.02. The van der Waals surface area contributed by atoms with Gasteiger partial charge in [-0.2, -0.15) is 0 Å². The second-order valence-corrected chi connectivity index (χ2v) is 8.69. The SMILES string of the molecule is COc1ccc(C)cc1C[NH+]1CC[NH+](CC(=O)NC2CCC(C)CC2)CC1. The Labute approximate surface area is 164 Å². The highest BCUT2D eigenvalue weighted by atomic mass is 16.5. The van der Waals surface area contributed by atoms with E-state index in [9.17, 15) is 4.79 Å². The third-order valence-electron chi connectivity index (χ3n) is 6.33. The van der Waals surface area contributed by atoms with Crippen LogP contribution in [0.2, 0.25) is 0 Å². The fourth-order valence-electron chi connectivity index (χ4n) is 4.54. The zero-order valence-electron chi connectivity index (χ0n) is 17.3. The van der Waals surface area contributed by atoms with E-state index >= 15 is 0 Å². The largest absolute Gasteiger partial charge is 0.496 e. The number of hydrogen-bond acceptors (Lipinski definition) is 2. The topological polar surface area (TPSA) is 47.2 Å². The van der Waals surface area contributed by atoms with Crippen LogP contribution in [-0.4, -0.2) is 51.8 Å². The molecule has 1 aromatic carbocycles. The first-order valence-electron chi connectivity index (χ1n) is 10.6. The van der Waals surface area contributed by atoms with E-state index in [2.05, 4.69) is 37.4 Å². The third kappa shape index (κ3) is 5.94. The molecule has 2 fully saturated rings. The van der Waals surface area contributed by atoms with Gasteiger partial charge in [-0.05, 0) is 50.7 Å². The lowest BCUT2D eigenvalue weighted by Gasteiger charge is -2.31. The van der Waals surface area contributed by atoms with Crippen molar-refractivity contribution in [2.24, 2.45) is 5.92 Å². The zero-order chi connectivity index (χ0) is 19.2. The van der Waals surface area contributed by atoms with Crippen LogP contribution in [0.3, 0.4) is 0 Å². The summed E-state index contributed by atoms with van der Waals surface area (Å²) in [6.45, 7) is 10.4. The van der Waals surface area contributed by atoms with E-state index < -0.39 is 0 Å². The molecule has 0 radical (unpaired) electrons. The maximum absolute atomic E-state index is 12.4. The van der Waals surface area contributed by atoms with Gasteiger partial charge in [-0.25, -0.2) is 0 Å². The summed E-state index contributed by atoms with van der Waals surface area (Å²) in [5.41, 5.74) is 2.57. The number of ether oxygens (including phenoxy) is 1. The summed E-state index contributed by atoms with van der Waals surface area (Å²) in [4.78, 5) is 15.4. The predicted molar refractivity (Wildman–Crippen MR) is 107 cm³/mol. The van der Waals surface area contributed by atoms with Crippen LogP contribution in [0.5, 0.6) is 5.75 Å². The van der Waals surface area contributed by atoms with Crippen molar-refractivity contribution < 1.29 is 19.3 Å². The number of nitrogens with one attached hydrogen (secondary N) is 3. The molecule has 1 aliphatic carbocycles. The highest BCUT2D eigenvalue weighted by molar-refractivity contribution is 5.77. The Morgan fingerprint density at radius 2 is 1.78 bits per heavy atom. The smallest absolute Gasteiger partial charge is 0.275 e. The van der Waals surface area contributed by atoms with Crippen molar-refractivity contribution in [3.05, 3.63) is 29.3 Å². The molecule has 2 aliphatic rings. The monoisotopic (exact) mass is 375 g/mol. The summed E-state index contributed by atoms with van der Waals surface area (Å²) >= 11 is 0. The maximum Gasteiger partial charge on any atom is 0.275 e. The molecule has 0 bridgehead atoms. The minimum atomic E-state index is 0.244. The normalized spacial score (nSPS) is 28.6. The second-order valence-electron chi connectivity index (χ2n) is 8.69. The van der Waals surface area contributed by atoms with Gasteiger partial charge >= 0.3 is 0 Å². The Balaban J connectivity index is 1.41. The third-order valence-corrected chi connectivity index (χ3v) is 6.33. The Bertz CT molecular complexity index is 618. The molecule has 3 rings (SSSR count). The van der Waals surface area contributed by atoms with E-state index in [1.165, 1.54) is 28.9 Å². The van der Waals surface area contributed by atoms with E-state index in [0.29, 0.717) is 12.6 Å². The van der Waals surface area contributed by atoms with Gasteiger partial charge in [0.25, 0.3) is 5.91 Å². The number of aryl methyl sites for hydroxylation is 1. The van der Waals surface area contributed by atoms with Gasteiger partial charge in [0, 0.05) is 11.6 Å². The van der Waals surface area contributed by atoms with Crippen LogP contribution >= 0.6 is 0 Å². The van der Waals surface area contributed by atoms with Gasteiger partial charge in [-0.15, -0.1) is 0 Å². The standard InChI is InChI=1S/C22H35N3O2/c1-17-4-7-20(8-5-17)23-22(26)16-25-12-10-24(11-13-25)15-19-14-18(2)6-9-21(19)27-3/h6,9,14,17,20H,4-5,7-8,10-13,15-16H2,1-3H3,(H,23,26)/p+2. The minimum Gasteiger partial charge on any atom is -0.496 e. The highest BCUT2D eigenvalue weighted by Gasteiger charge is 2.27. The number of amides is 1. The van der Waals surface area contributed by atoms with Crippen molar-refractivity contribution in [2.45, 2.75) is 52.1 Å². The molecule has 0 unspecified atom stereocenters. The molecule has 5 nitrogen and oxygen atoms in total. The van der Waals surface area contributed by atoms with Gasteiger partial charge in [0.05, 0.1) is 7.11 Å². The van der Waals surface area contributed by atoms with Crippen molar-refractivity contribution >= 4 is 5.91 Å². The molecule has 27 heavy (non-hydrogen) atoms. The Morgan fingerprint density at radius 3 is 2.44 bits per heavy atom. The molecule has 1 heterocycles. The molecule has 1 saturated heterocycles. The van der Waals surface area contributed by atoms with E-state index in [1.54, 1.807) is 12.0 Å². The molecule has 5 heteroatoms. The molecule has 150 valence electrons. The van der Waals surface area contributed by atoms with Crippen LogP contribution in [0.15, 0.2) is 18.2 Å². The molecular weight excluding hydrogens is 338 g/mol. The summed E-state index contributed by atoms with van der Waals surface area (Å²) in [5.74, 6) is 2.06. The molecule has 1 aromatic rings. The van der Waals surface area contributed by atoms with Gasteiger partial charge in [0.2, 0.25) is 0 Å². The fraction of sp³-hybridized carbons (Fsp3) is 0.682. The number of carbonyl (C=O) groups excluding carboxylic acids is 1. The van der Waals surface area contributed by atoms with Gasteiger partial charge < -0.3 is 19.9 Å². The number of carbonyl (C=O) groups is 1. The van der Waals surface area contributed by atoms with Crippen LogP contribution < -0.4 is 19.9 Å². The molecule has 0 spiro atoms. The summed E-state index contributed by atoms with van der Waals surface area (Å²) in [5, 5.41) is 3.28. The second kappa shape index (κ2) is 9.56. The Hall–Kier alpha value is -1.59. The number of rotatable bonds is 6. The predicted octanol–water partition coefficient (Wildman–Crippen LogP) is -0.0181. The van der Waals surface area contributed by atoms with Crippen molar-refractivity contribution in [1.29, 1.82) is 0 Å². The fourth-order valence-corrected chi connectivity index (χ4v) is 4.54. The molecule has 1 aliphatic heterocycles. The maximum atomic E-state index is 12.4. The zero-order valence-corrected chi connectivity index (χ0v) is 17.3. The molecule has 1 amide bonds. The Kier molecular flexibility index (Phi) is 7.13. The van der Waals surface area contributed by atoms with Crippen LogP contribution in [0.4, 0.5) is 0 Å². The van der Waals surface area contributed by atoms with Crippen molar-refractivity contribution in [3.8, 4) is 5.75 Å². The van der Waals surface area contributed by atoms with E-state index in [1.807, 2.05) is 0 Å². The van der Waals surface area contributed by atoms with E-state index in [4.69, 9.17) is 4.74 Å². The minimum absolute atomic E-state index is 0.244. The number of methoxy groups -OCH3 is 1. The van der Waals surface area contributed by atoms with E-state index in [-0.39, 0.29) is 5.91 Å². The lowest BCUT2D eigenvalue weighted by Crippen LogP contribution is -3.28. The summed E-state index contributed by atoms with van der Waals surface area (Å²) in [7, 11) is 1.75. The number of hydrogen-bond donors (Lipinski definition) is 3. The molecule has 1 saturated carbocycles. The molecule has 0 aromatic heterocycles. The van der Waals surface area contributed by atoms with Gasteiger partial charge in [-0.1, -0.05) is 18.6 Å². The van der Waals surface area contributed by atoms with Crippen molar-refractivity contribution in [1.82, 2.24) is 5.32 Å². The summed E-state index contributed by atoms with van der Waals surface area (Å²) in [6, 6.07) is 6.82. The summed E-state index contributed by atoms with van der Waals surface area (Å²) in [6.07, 6.45) is 4.81. The highest BCUT2D eigenvalue weighted by Crippen LogP contribution is 2.23. The first-order chi connectivity index (χ1) is 13.0. The first-order valence-corrected chi connectivity index (χ1v) is 10.6. The first kappa shape index (κ1) is 20.2. The van der Waals surface area contributed by atoms with Gasteiger partial charge in [-0.3, -0.25) is 4.79 Å². The molecule has 0 atom stereocenters. The number of benzene rings is 1. The van der Waals surface area contributed by atoms with Crippen molar-refractivity contribution in [2.75, 3.05) is 39.8 Å². The van der Waals surface area contributed by atoms with Crippen LogP contribution in [-0.2, 0) is 11.3 Å². The van der Waals surface area contributed by atoms with Crippen LogP contribution in [0.25, 0.3) is 0 Å². The van der Waals surface area contributed by atoms with Crippen LogP contribution in [0.1, 0.15) is 43.7 Å². The summed E-state index contributed by atoms with van der Waals surface area (Å²) < 4.78 is 5.52. The molecule has 3 N–H and O–H groups in total. The van der Waals surface area contributed by atoms with Crippen molar-refractivity contribution in [3.63, 3.8) is 0 Å². The molecular formula is C22H37N3O2+2. The average molecular weight is 376 g/mol. The van der Waals surface area contributed by atoms with Gasteiger partial charge in [0.15, 0.2) is 6.54 Å². The lowest BCUT2D eigenvalue weighted by atomic mass is 9.87.